The molecule has 2 N–H and O–H groups in total. The molecular weight excluding hydrogens is 184 g/mol. The van der Waals surface area contributed by atoms with Crippen molar-refractivity contribution < 1.29 is 4.79 Å². The second kappa shape index (κ2) is 6.03. The minimum Gasteiger partial charge on any atom is -0.354 e. The molecule has 0 unspecified atom stereocenters. The summed E-state index contributed by atoms with van der Waals surface area (Å²) in [5.41, 5.74) is 0. The van der Waals surface area contributed by atoms with Gasteiger partial charge in [-0.1, -0.05) is 0 Å². The minimum atomic E-state index is -0.0756. The van der Waals surface area contributed by atoms with E-state index < -0.39 is 0 Å². The van der Waals surface area contributed by atoms with E-state index in [1.165, 1.54) is 11.0 Å². The van der Waals surface area contributed by atoms with Crippen molar-refractivity contribution in [2.24, 2.45) is 0 Å². The van der Waals surface area contributed by atoms with Gasteiger partial charge in [-0.2, -0.15) is 0 Å². The average molecular weight is 198 g/mol. The van der Waals surface area contributed by atoms with Crippen molar-refractivity contribution in [3.05, 3.63) is 6.33 Å². The van der Waals surface area contributed by atoms with E-state index in [-0.39, 0.29) is 12.5 Å². The third-order valence-corrected chi connectivity index (χ3v) is 1.62. The summed E-state index contributed by atoms with van der Waals surface area (Å²) in [5.74, 6) is -0.0756. The number of carbonyl (C=O) groups excluding carboxylic acids is 1. The molecule has 78 valence electrons. The average Bonchev–Trinajstić information content (AvgIpc) is 2.65. The number of rotatable bonds is 6. The molecule has 0 atom stereocenters. The van der Waals surface area contributed by atoms with Crippen LogP contribution in [0.2, 0.25) is 0 Å². The highest BCUT2D eigenvalue weighted by Crippen LogP contribution is 1.79. The number of nitrogens with zero attached hydrogens (tertiary/aromatic N) is 4. The highest BCUT2D eigenvalue weighted by Gasteiger charge is 2.01. The lowest BCUT2D eigenvalue weighted by Crippen LogP contribution is -2.30. The van der Waals surface area contributed by atoms with E-state index in [9.17, 15) is 4.79 Å². The lowest BCUT2D eigenvalue weighted by molar-refractivity contribution is -0.121. The van der Waals surface area contributed by atoms with E-state index in [1.54, 1.807) is 0 Å². The standard InChI is InChI=1S/C7H14N6O/c1-8-3-2-4-9-7(14)5-13-6-10-11-12-13/h6,8H,2-5H2,1H3,(H,9,14). The Bertz CT molecular complexity index is 259. The van der Waals surface area contributed by atoms with E-state index in [0.29, 0.717) is 6.54 Å². The second-order valence-corrected chi connectivity index (χ2v) is 2.81. The molecule has 7 heteroatoms. The molecule has 0 radical (unpaired) electrons. The molecule has 0 saturated carbocycles. The zero-order chi connectivity index (χ0) is 10.2. The normalized spacial score (nSPS) is 10.1. The van der Waals surface area contributed by atoms with Crippen LogP contribution in [-0.2, 0) is 11.3 Å². The summed E-state index contributed by atoms with van der Waals surface area (Å²) < 4.78 is 1.38. The molecule has 0 aliphatic heterocycles. The van der Waals surface area contributed by atoms with Crippen molar-refractivity contribution in [1.82, 2.24) is 30.8 Å². The van der Waals surface area contributed by atoms with Gasteiger partial charge in [0.15, 0.2) is 0 Å². The summed E-state index contributed by atoms with van der Waals surface area (Å²) in [6, 6.07) is 0. The SMILES string of the molecule is CNCCCNC(=O)Cn1cnnn1. The van der Waals surface area contributed by atoms with Crippen LogP contribution in [0.25, 0.3) is 0 Å². The van der Waals surface area contributed by atoms with Gasteiger partial charge in [-0.25, -0.2) is 4.68 Å². The Labute approximate surface area is 81.9 Å². The number of hydrogen-bond donors (Lipinski definition) is 2. The zero-order valence-electron chi connectivity index (χ0n) is 8.10. The van der Waals surface area contributed by atoms with Crippen LogP contribution in [0.1, 0.15) is 6.42 Å². The summed E-state index contributed by atoms with van der Waals surface area (Å²) in [6.07, 6.45) is 2.32. The van der Waals surface area contributed by atoms with Crippen molar-refractivity contribution in [2.75, 3.05) is 20.1 Å². The maximum absolute atomic E-state index is 11.2. The van der Waals surface area contributed by atoms with Gasteiger partial charge in [0.05, 0.1) is 0 Å². The van der Waals surface area contributed by atoms with Crippen molar-refractivity contribution in [1.29, 1.82) is 0 Å². The highest BCUT2D eigenvalue weighted by molar-refractivity contribution is 5.75. The summed E-state index contributed by atoms with van der Waals surface area (Å²) in [4.78, 5) is 11.2. The lowest BCUT2D eigenvalue weighted by atomic mass is 10.4. The number of carbonyl (C=O) groups is 1. The van der Waals surface area contributed by atoms with Crippen molar-refractivity contribution in [3.63, 3.8) is 0 Å². The largest absolute Gasteiger partial charge is 0.354 e. The molecule has 0 bridgehead atoms. The first-order valence-corrected chi connectivity index (χ1v) is 4.45. The third-order valence-electron chi connectivity index (χ3n) is 1.62. The van der Waals surface area contributed by atoms with Crippen LogP contribution in [0.4, 0.5) is 0 Å². The van der Waals surface area contributed by atoms with Gasteiger partial charge in [0, 0.05) is 6.54 Å². The van der Waals surface area contributed by atoms with E-state index >= 15 is 0 Å². The Morgan fingerprint density at radius 3 is 3.00 bits per heavy atom. The Morgan fingerprint density at radius 2 is 2.36 bits per heavy atom. The summed E-state index contributed by atoms with van der Waals surface area (Å²) in [7, 11) is 1.88. The predicted molar refractivity (Wildman–Crippen MR) is 49.4 cm³/mol. The van der Waals surface area contributed by atoms with Gasteiger partial charge >= 0.3 is 0 Å². The molecule has 0 aromatic carbocycles. The highest BCUT2D eigenvalue weighted by atomic mass is 16.2. The fourth-order valence-electron chi connectivity index (χ4n) is 0.949. The monoisotopic (exact) mass is 198 g/mol. The Morgan fingerprint density at radius 1 is 1.50 bits per heavy atom. The summed E-state index contributed by atoms with van der Waals surface area (Å²) >= 11 is 0. The molecule has 0 aliphatic carbocycles. The molecule has 1 aromatic heterocycles. The molecule has 7 nitrogen and oxygen atoms in total. The third kappa shape index (κ3) is 3.94. The zero-order valence-corrected chi connectivity index (χ0v) is 8.10. The van der Waals surface area contributed by atoms with Crippen LogP contribution in [-0.4, -0.2) is 46.3 Å². The first kappa shape index (κ1) is 10.6. The number of hydrogen-bond acceptors (Lipinski definition) is 5. The lowest BCUT2D eigenvalue weighted by Gasteiger charge is -2.03. The van der Waals surface area contributed by atoms with Crippen LogP contribution in [0, 0.1) is 0 Å². The van der Waals surface area contributed by atoms with Gasteiger partial charge in [-0.05, 0) is 30.4 Å². The van der Waals surface area contributed by atoms with Crippen LogP contribution in [0.15, 0.2) is 6.33 Å². The Kier molecular flexibility index (Phi) is 4.56. The van der Waals surface area contributed by atoms with Gasteiger partial charge < -0.3 is 10.6 Å². The van der Waals surface area contributed by atoms with Gasteiger partial charge in [0.25, 0.3) is 0 Å². The number of tetrazole rings is 1. The molecule has 1 heterocycles. The Balaban J connectivity index is 2.11. The molecule has 1 aromatic rings. The fourth-order valence-corrected chi connectivity index (χ4v) is 0.949. The second-order valence-electron chi connectivity index (χ2n) is 2.81. The molecule has 0 spiro atoms. The molecule has 14 heavy (non-hydrogen) atoms. The number of nitrogens with one attached hydrogen (secondary N) is 2. The molecule has 1 rings (SSSR count). The minimum absolute atomic E-state index is 0.0756. The quantitative estimate of drug-likeness (QED) is 0.538. The van der Waals surface area contributed by atoms with Crippen molar-refractivity contribution >= 4 is 5.91 Å². The van der Waals surface area contributed by atoms with Crippen LogP contribution >= 0.6 is 0 Å². The van der Waals surface area contributed by atoms with E-state index in [4.69, 9.17) is 0 Å². The fraction of sp³-hybridized carbons (Fsp3) is 0.714. The van der Waals surface area contributed by atoms with Crippen LogP contribution < -0.4 is 10.6 Å². The molecule has 0 fully saturated rings. The summed E-state index contributed by atoms with van der Waals surface area (Å²) in [6.45, 7) is 1.74. The van der Waals surface area contributed by atoms with Crippen molar-refractivity contribution in [2.45, 2.75) is 13.0 Å². The predicted octanol–water partition coefficient (Wildman–Crippen LogP) is -1.60. The molecular formula is C7H14N6O. The van der Waals surface area contributed by atoms with Gasteiger partial charge in [-0.3, -0.25) is 4.79 Å². The molecule has 0 aliphatic rings. The first-order chi connectivity index (χ1) is 6.83. The van der Waals surface area contributed by atoms with Gasteiger partial charge in [0.1, 0.15) is 12.9 Å². The molecule has 0 saturated heterocycles. The van der Waals surface area contributed by atoms with E-state index in [2.05, 4.69) is 26.2 Å². The van der Waals surface area contributed by atoms with Gasteiger partial charge in [-0.15, -0.1) is 5.10 Å². The first-order valence-electron chi connectivity index (χ1n) is 4.45. The number of aromatic nitrogens is 4. The smallest absolute Gasteiger partial charge is 0.241 e. The van der Waals surface area contributed by atoms with Gasteiger partial charge in [0.2, 0.25) is 5.91 Å². The van der Waals surface area contributed by atoms with Crippen LogP contribution in [0.5, 0.6) is 0 Å². The summed E-state index contributed by atoms with van der Waals surface area (Å²) in [5, 5.41) is 16.2. The maximum atomic E-state index is 11.2. The van der Waals surface area contributed by atoms with E-state index in [0.717, 1.165) is 13.0 Å². The molecule has 1 amide bonds. The topological polar surface area (TPSA) is 84.7 Å². The number of amides is 1. The maximum Gasteiger partial charge on any atom is 0.241 e. The van der Waals surface area contributed by atoms with Crippen LogP contribution in [0.3, 0.4) is 0 Å². The Hall–Kier alpha value is -1.50. The van der Waals surface area contributed by atoms with E-state index in [1.807, 2.05) is 7.05 Å². The van der Waals surface area contributed by atoms with Crippen molar-refractivity contribution in [3.8, 4) is 0 Å².